The molecule has 0 fully saturated rings. The molecule has 0 aromatic carbocycles. The minimum absolute atomic E-state index is 0.167. The third-order valence-corrected chi connectivity index (χ3v) is 8.81. The van der Waals surface area contributed by atoms with Gasteiger partial charge in [-0.2, -0.15) is 5.26 Å². The SMILES string of the molecule is CC#N.CCOP(=O)(OCC)c1cc(C)sc1C.Cc1cc(P(=O)(O)O)c(C)s1. The number of hydrogen-bond donors (Lipinski definition) is 2. The molecular formula is C18H29NO6P2S2. The van der Waals surface area contributed by atoms with Crippen LogP contribution in [0.25, 0.3) is 0 Å². The third kappa shape index (κ3) is 9.25. The normalized spacial score (nSPS) is 11.0. The van der Waals surface area contributed by atoms with Gasteiger partial charge in [0.2, 0.25) is 0 Å². The lowest BCUT2D eigenvalue weighted by atomic mass is 10.4. The monoisotopic (exact) mass is 481 g/mol. The third-order valence-electron chi connectivity index (χ3n) is 3.24. The van der Waals surface area contributed by atoms with Crippen LogP contribution in [0.1, 0.15) is 40.3 Å². The molecule has 0 unspecified atom stereocenters. The van der Waals surface area contributed by atoms with Gasteiger partial charge in [-0.25, -0.2) is 0 Å². The molecule has 2 aromatic rings. The minimum Gasteiger partial charge on any atom is -0.321 e. The number of nitrogens with zero attached hydrogens (tertiary/aromatic N) is 1. The second-order valence-corrected chi connectivity index (χ2v) is 12.2. The van der Waals surface area contributed by atoms with Crippen molar-refractivity contribution < 1.29 is 28.0 Å². The molecule has 29 heavy (non-hydrogen) atoms. The van der Waals surface area contributed by atoms with Gasteiger partial charge in [0.15, 0.2) is 0 Å². The van der Waals surface area contributed by atoms with Crippen molar-refractivity contribution in [3.05, 3.63) is 31.6 Å². The number of aryl methyl sites for hydroxylation is 4. The molecule has 0 radical (unpaired) electrons. The van der Waals surface area contributed by atoms with Crippen molar-refractivity contribution in [2.45, 2.75) is 48.5 Å². The predicted octanol–water partition coefficient (Wildman–Crippen LogP) is 4.95. The van der Waals surface area contributed by atoms with E-state index in [1.807, 2.05) is 40.7 Å². The molecular weight excluding hydrogens is 452 g/mol. The van der Waals surface area contributed by atoms with Gasteiger partial charge in [0, 0.05) is 26.4 Å². The van der Waals surface area contributed by atoms with Gasteiger partial charge in [-0.15, -0.1) is 22.7 Å². The van der Waals surface area contributed by atoms with Crippen LogP contribution in [0.15, 0.2) is 12.1 Å². The van der Waals surface area contributed by atoms with Gasteiger partial charge in [-0.1, -0.05) is 0 Å². The molecule has 2 rings (SSSR count). The molecule has 0 atom stereocenters. The molecule has 0 aliphatic heterocycles. The number of thiophene rings is 2. The molecule has 0 saturated carbocycles. The van der Waals surface area contributed by atoms with Crippen molar-refractivity contribution >= 4 is 48.5 Å². The lowest BCUT2D eigenvalue weighted by molar-refractivity contribution is 0.230. The summed E-state index contributed by atoms with van der Waals surface area (Å²) in [7, 11) is -7.10. The Bertz CT molecular complexity index is 900. The maximum Gasteiger partial charge on any atom is 0.362 e. The summed E-state index contributed by atoms with van der Waals surface area (Å²) in [5.74, 6) is 0. The first-order valence-electron chi connectivity index (χ1n) is 8.76. The van der Waals surface area contributed by atoms with E-state index in [-0.39, 0.29) is 5.30 Å². The van der Waals surface area contributed by atoms with E-state index >= 15 is 0 Å². The summed E-state index contributed by atoms with van der Waals surface area (Å²) >= 11 is 3.02. The number of rotatable bonds is 6. The van der Waals surface area contributed by atoms with Crippen molar-refractivity contribution in [3.8, 4) is 6.07 Å². The van der Waals surface area contributed by atoms with Crippen LogP contribution < -0.4 is 10.6 Å². The molecule has 0 aliphatic carbocycles. The van der Waals surface area contributed by atoms with Gasteiger partial charge in [0.1, 0.15) is 0 Å². The zero-order chi connectivity index (χ0) is 22.8. The Morgan fingerprint density at radius 3 is 1.48 bits per heavy atom. The van der Waals surface area contributed by atoms with Crippen molar-refractivity contribution in [1.29, 1.82) is 5.26 Å². The van der Waals surface area contributed by atoms with Crippen molar-refractivity contribution in [2.24, 2.45) is 0 Å². The molecule has 2 aromatic heterocycles. The fourth-order valence-corrected chi connectivity index (χ4v) is 7.64. The molecule has 11 heteroatoms. The summed E-state index contributed by atoms with van der Waals surface area (Å²) in [4.78, 5) is 21.4. The number of hydrogen-bond acceptors (Lipinski definition) is 7. The molecule has 2 heterocycles. The fraction of sp³-hybridized carbons (Fsp3) is 0.500. The van der Waals surface area contributed by atoms with Crippen LogP contribution in [0.5, 0.6) is 0 Å². The highest BCUT2D eigenvalue weighted by Gasteiger charge is 2.29. The zero-order valence-corrected chi connectivity index (χ0v) is 21.2. The standard InChI is InChI=1S/C10H17O3PS.C6H9O3PS.C2H3N/c1-5-12-14(11,13-6-2)10-7-8(3)15-9(10)4;1-4-3-6(5(2)11-4)10(7,8)9;1-2-3/h7H,5-6H2,1-4H3;3H,1-2H3,(H2,7,8,9);1H3. The van der Waals surface area contributed by atoms with E-state index in [0.717, 1.165) is 14.6 Å². The van der Waals surface area contributed by atoms with Gasteiger partial charge in [0.25, 0.3) is 0 Å². The predicted molar refractivity (Wildman–Crippen MR) is 121 cm³/mol. The lowest BCUT2D eigenvalue weighted by Gasteiger charge is -2.16. The Labute approximate surface area is 181 Å². The Kier molecular flexibility index (Phi) is 12.4. The van der Waals surface area contributed by atoms with Crippen molar-refractivity contribution in [1.82, 2.24) is 0 Å². The first-order chi connectivity index (χ1) is 13.4. The van der Waals surface area contributed by atoms with E-state index in [2.05, 4.69) is 0 Å². The lowest BCUT2D eigenvalue weighted by Crippen LogP contribution is -2.10. The summed E-state index contributed by atoms with van der Waals surface area (Å²) in [6.45, 7) is 13.3. The van der Waals surface area contributed by atoms with Crippen LogP contribution in [0.4, 0.5) is 0 Å². The second kappa shape index (κ2) is 12.8. The molecule has 0 spiro atoms. The first kappa shape index (κ1) is 28.2. The molecule has 0 aliphatic rings. The van der Waals surface area contributed by atoms with E-state index in [9.17, 15) is 9.13 Å². The van der Waals surface area contributed by atoms with E-state index in [1.54, 1.807) is 30.4 Å². The Morgan fingerprint density at radius 2 is 1.28 bits per heavy atom. The Balaban J connectivity index is 0.000000493. The highest BCUT2D eigenvalue weighted by molar-refractivity contribution is 7.63. The van der Waals surface area contributed by atoms with Gasteiger partial charge >= 0.3 is 15.2 Å². The first-order valence-corrected chi connectivity index (χ1v) is 13.6. The van der Waals surface area contributed by atoms with Gasteiger partial charge in [-0.05, 0) is 53.7 Å². The quantitative estimate of drug-likeness (QED) is 0.561. The maximum atomic E-state index is 12.4. The van der Waals surface area contributed by atoms with Crippen LogP contribution in [-0.4, -0.2) is 23.0 Å². The largest absolute Gasteiger partial charge is 0.362 e. The van der Waals surface area contributed by atoms with Crippen molar-refractivity contribution in [3.63, 3.8) is 0 Å². The van der Waals surface area contributed by atoms with Gasteiger partial charge in [-0.3, -0.25) is 9.13 Å². The van der Waals surface area contributed by atoms with Crippen molar-refractivity contribution in [2.75, 3.05) is 13.2 Å². The Hall–Kier alpha value is -0.810. The molecule has 0 bridgehead atoms. The fourth-order valence-electron chi connectivity index (χ4n) is 2.31. The molecule has 164 valence electrons. The number of nitriles is 1. The van der Waals surface area contributed by atoms with E-state index < -0.39 is 15.2 Å². The second-order valence-electron chi connectivity index (χ2n) is 5.70. The zero-order valence-electron chi connectivity index (χ0n) is 17.8. The van der Waals surface area contributed by atoms with Crippen LogP contribution in [0, 0.1) is 39.0 Å². The van der Waals surface area contributed by atoms with Crippen LogP contribution in [0.2, 0.25) is 0 Å². The molecule has 2 N–H and O–H groups in total. The topological polar surface area (TPSA) is 117 Å². The summed E-state index contributed by atoms with van der Waals surface area (Å²) in [6.07, 6.45) is 0. The van der Waals surface area contributed by atoms with Gasteiger partial charge in [0.05, 0.1) is 29.9 Å². The summed E-state index contributed by atoms with van der Waals surface area (Å²) in [6, 6.07) is 5.19. The highest BCUT2D eigenvalue weighted by Crippen LogP contribution is 2.48. The summed E-state index contributed by atoms with van der Waals surface area (Å²) in [5.41, 5.74) is 0. The smallest absolute Gasteiger partial charge is 0.321 e. The van der Waals surface area contributed by atoms with Crippen LogP contribution in [-0.2, 0) is 18.2 Å². The Morgan fingerprint density at radius 1 is 0.931 bits per heavy atom. The minimum atomic E-state index is -4.02. The molecule has 0 saturated heterocycles. The van der Waals surface area contributed by atoms with E-state index in [0.29, 0.717) is 23.4 Å². The van der Waals surface area contributed by atoms with E-state index in [4.69, 9.17) is 24.1 Å². The van der Waals surface area contributed by atoms with Gasteiger partial charge < -0.3 is 18.8 Å². The molecule has 0 amide bonds. The maximum absolute atomic E-state index is 12.4. The summed E-state index contributed by atoms with van der Waals surface area (Å²) in [5, 5.41) is 8.20. The highest BCUT2D eigenvalue weighted by atomic mass is 32.1. The molecule has 7 nitrogen and oxygen atoms in total. The van der Waals surface area contributed by atoms with Crippen LogP contribution in [0.3, 0.4) is 0 Å². The average Bonchev–Trinajstić information content (AvgIpc) is 3.10. The van der Waals surface area contributed by atoms with E-state index in [1.165, 1.54) is 18.3 Å². The van der Waals surface area contributed by atoms with Crippen LogP contribution >= 0.6 is 37.9 Å². The summed E-state index contributed by atoms with van der Waals surface area (Å²) < 4.78 is 33.8. The average molecular weight is 482 g/mol.